The van der Waals surface area contributed by atoms with E-state index in [-0.39, 0.29) is 26.8 Å². The van der Waals surface area contributed by atoms with Gasteiger partial charge in [-0.05, 0) is 30.8 Å². The molecular weight excluding hydrogens is 407 g/mol. The Labute approximate surface area is 160 Å². The number of aromatic nitrogens is 2. The predicted molar refractivity (Wildman–Crippen MR) is 95.9 cm³/mol. The molecule has 3 N–H and O–H groups in total. The van der Waals surface area contributed by atoms with Gasteiger partial charge in [0.15, 0.2) is 17.5 Å². The molecule has 0 bridgehead atoms. The minimum Gasteiger partial charge on any atom is -0.467 e. The van der Waals surface area contributed by atoms with Crippen LogP contribution in [0.3, 0.4) is 0 Å². The topological polar surface area (TPSA) is 104 Å². The van der Waals surface area contributed by atoms with Crippen LogP contribution in [0.4, 0.5) is 13.2 Å². The molecule has 1 aromatic carbocycles. The Morgan fingerprint density at radius 2 is 2.04 bits per heavy atom. The first kappa shape index (κ1) is 20.8. The number of halogens is 4. The molecule has 0 saturated heterocycles. The predicted octanol–water partition coefficient (Wildman–Crippen LogP) is 3.70. The van der Waals surface area contributed by atoms with Gasteiger partial charge in [0, 0.05) is 6.07 Å². The van der Waals surface area contributed by atoms with Crippen LogP contribution in [-0.2, 0) is 11.0 Å². The number of amides is 1. The Morgan fingerprint density at radius 1 is 1.37 bits per heavy atom. The minimum atomic E-state index is -4.72. The van der Waals surface area contributed by atoms with Crippen LogP contribution in [0.1, 0.15) is 12.6 Å². The zero-order valence-corrected chi connectivity index (χ0v) is 15.3. The lowest BCUT2D eigenvalue weighted by Gasteiger charge is -2.10. The summed E-state index contributed by atoms with van der Waals surface area (Å²) < 4.78 is 45.0. The standard InChI is InChI=1S/C15H13ClF3N5O2S/c1-8(20)27-14(21)22-12(25)7-26-13-6-11(15(17,18)19)23-24(13)10-5-3-2-4-9(10)16/h2-6,20H,7H2,1H3,(H2,21,22,25). The number of para-hydroxylation sites is 1. The molecule has 0 unspecified atom stereocenters. The van der Waals surface area contributed by atoms with Crippen molar-refractivity contribution in [2.75, 3.05) is 6.61 Å². The van der Waals surface area contributed by atoms with Crippen molar-refractivity contribution in [2.24, 2.45) is 0 Å². The van der Waals surface area contributed by atoms with E-state index in [1.807, 2.05) is 0 Å². The highest BCUT2D eigenvalue weighted by molar-refractivity contribution is 8.26. The minimum absolute atomic E-state index is 0.0906. The molecule has 7 nitrogen and oxygen atoms in total. The third kappa shape index (κ3) is 5.73. The van der Waals surface area contributed by atoms with Gasteiger partial charge in [-0.15, -0.1) is 0 Å². The van der Waals surface area contributed by atoms with Gasteiger partial charge < -0.3 is 10.1 Å². The van der Waals surface area contributed by atoms with Gasteiger partial charge in [-0.25, -0.2) is 0 Å². The van der Waals surface area contributed by atoms with Crippen LogP contribution < -0.4 is 10.1 Å². The molecule has 27 heavy (non-hydrogen) atoms. The zero-order valence-electron chi connectivity index (χ0n) is 13.7. The van der Waals surface area contributed by atoms with E-state index in [1.54, 1.807) is 12.1 Å². The van der Waals surface area contributed by atoms with Gasteiger partial charge in [0.2, 0.25) is 5.88 Å². The van der Waals surface area contributed by atoms with Crippen LogP contribution in [0.15, 0.2) is 30.3 Å². The second kappa shape index (κ2) is 8.44. The number of thioether (sulfide) groups is 1. The molecule has 0 aliphatic heterocycles. The van der Waals surface area contributed by atoms with Crippen molar-refractivity contribution in [3.05, 3.63) is 41.0 Å². The van der Waals surface area contributed by atoms with Gasteiger partial charge in [0.25, 0.3) is 5.91 Å². The molecule has 0 spiro atoms. The normalized spacial score (nSPS) is 11.1. The van der Waals surface area contributed by atoms with Crippen LogP contribution in [0.2, 0.25) is 5.02 Å². The molecule has 0 saturated carbocycles. The number of nitrogens with one attached hydrogen (secondary N) is 3. The van der Waals surface area contributed by atoms with E-state index in [2.05, 4.69) is 10.4 Å². The molecule has 0 atom stereocenters. The molecule has 0 aliphatic rings. The number of carbonyl (C=O) groups excluding carboxylic acids is 1. The third-order valence-electron chi connectivity index (χ3n) is 2.91. The maximum Gasteiger partial charge on any atom is 0.435 e. The SMILES string of the molecule is CC(=N)SC(=N)NC(=O)COc1cc(C(F)(F)F)nn1-c1ccccc1Cl. The fraction of sp³-hybridized carbons (Fsp3) is 0.200. The molecule has 0 radical (unpaired) electrons. The second-order valence-electron chi connectivity index (χ2n) is 5.05. The summed E-state index contributed by atoms with van der Waals surface area (Å²) in [7, 11) is 0. The molecule has 2 aromatic rings. The highest BCUT2D eigenvalue weighted by Crippen LogP contribution is 2.33. The summed E-state index contributed by atoms with van der Waals surface area (Å²) in [6.45, 7) is 0.774. The highest BCUT2D eigenvalue weighted by Gasteiger charge is 2.36. The maximum atomic E-state index is 13.0. The number of nitrogens with zero attached hydrogens (tertiary/aromatic N) is 2. The lowest BCUT2D eigenvalue weighted by Crippen LogP contribution is -2.32. The van der Waals surface area contributed by atoms with Crippen molar-refractivity contribution in [1.82, 2.24) is 15.1 Å². The Kier molecular flexibility index (Phi) is 6.50. The summed E-state index contributed by atoms with van der Waals surface area (Å²) in [5.74, 6) is -1.11. The Balaban J connectivity index is 2.22. The molecule has 12 heteroatoms. The number of hydrogen-bond acceptors (Lipinski definition) is 6. The van der Waals surface area contributed by atoms with E-state index < -0.39 is 24.4 Å². The van der Waals surface area contributed by atoms with Crippen molar-refractivity contribution in [2.45, 2.75) is 13.1 Å². The van der Waals surface area contributed by atoms with Gasteiger partial charge in [0.1, 0.15) is 0 Å². The zero-order chi connectivity index (χ0) is 20.2. The largest absolute Gasteiger partial charge is 0.467 e. The van der Waals surface area contributed by atoms with Crippen molar-refractivity contribution >= 4 is 39.5 Å². The summed E-state index contributed by atoms with van der Waals surface area (Å²) in [5, 5.41) is 20.2. The van der Waals surface area contributed by atoms with Crippen molar-refractivity contribution in [3.8, 4) is 11.6 Å². The second-order valence-corrected chi connectivity index (χ2v) is 6.68. The summed E-state index contributed by atoms with van der Waals surface area (Å²) >= 11 is 6.72. The fourth-order valence-corrected chi connectivity index (χ4v) is 2.57. The summed E-state index contributed by atoms with van der Waals surface area (Å²) in [6, 6.07) is 6.73. The van der Waals surface area contributed by atoms with E-state index in [9.17, 15) is 18.0 Å². The number of ether oxygens (including phenoxy) is 1. The van der Waals surface area contributed by atoms with E-state index in [1.165, 1.54) is 19.1 Å². The molecule has 1 heterocycles. The Morgan fingerprint density at radius 3 is 2.63 bits per heavy atom. The average molecular weight is 420 g/mol. The first-order valence-corrected chi connectivity index (χ1v) is 8.43. The lowest BCUT2D eigenvalue weighted by atomic mass is 10.3. The monoisotopic (exact) mass is 419 g/mol. The molecule has 0 aliphatic carbocycles. The van der Waals surface area contributed by atoms with Crippen LogP contribution in [-0.4, -0.2) is 32.5 Å². The third-order valence-corrected chi connectivity index (χ3v) is 3.84. The molecule has 144 valence electrons. The summed E-state index contributed by atoms with van der Waals surface area (Å²) in [6.07, 6.45) is -4.72. The number of amidine groups is 1. The molecule has 0 fully saturated rings. The van der Waals surface area contributed by atoms with E-state index in [0.29, 0.717) is 17.8 Å². The first-order chi connectivity index (χ1) is 12.6. The molecular formula is C15H13ClF3N5O2S. The van der Waals surface area contributed by atoms with Gasteiger partial charge in [-0.1, -0.05) is 23.7 Å². The summed E-state index contributed by atoms with van der Waals surface area (Å²) in [4.78, 5) is 11.8. The van der Waals surface area contributed by atoms with Crippen LogP contribution in [0.25, 0.3) is 5.69 Å². The maximum absolute atomic E-state index is 13.0. The number of rotatable bonds is 4. The van der Waals surface area contributed by atoms with Crippen molar-refractivity contribution < 1.29 is 22.7 Å². The average Bonchev–Trinajstić information content (AvgIpc) is 2.96. The number of hydrogen-bond donors (Lipinski definition) is 3. The smallest absolute Gasteiger partial charge is 0.435 e. The van der Waals surface area contributed by atoms with Crippen LogP contribution in [0.5, 0.6) is 5.88 Å². The van der Waals surface area contributed by atoms with Crippen LogP contribution >= 0.6 is 23.4 Å². The fourth-order valence-electron chi connectivity index (χ4n) is 1.88. The number of carbonyl (C=O) groups is 1. The van der Waals surface area contributed by atoms with Gasteiger partial charge in [-0.2, -0.15) is 23.0 Å². The van der Waals surface area contributed by atoms with Crippen LogP contribution in [0, 0.1) is 10.8 Å². The van der Waals surface area contributed by atoms with Gasteiger partial charge in [-0.3, -0.25) is 15.6 Å². The highest BCUT2D eigenvalue weighted by atomic mass is 35.5. The number of benzene rings is 1. The van der Waals surface area contributed by atoms with Crippen molar-refractivity contribution in [3.63, 3.8) is 0 Å². The van der Waals surface area contributed by atoms with E-state index in [4.69, 9.17) is 27.2 Å². The van der Waals surface area contributed by atoms with E-state index in [0.717, 1.165) is 4.68 Å². The first-order valence-electron chi connectivity index (χ1n) is 7.24. The molecule has 2 rings (SSSR count). The van der Waals surface area contributed by atoms with Gasteiger partial charge in [0.05, 0.1) is 15.8 Å². The lowest BCUT2D eigenvalue weighted by molar-refractivity contribution is -0.141. The molecule has 1 amide bonds. The van der Waals surface area contributed by atoms with E-state index >= 15 is 0 Å². The molecule has 1 aromatic heterocycles. The Bertz CT molecular complexity index is 885. The summed E-state index contributed by atoms with van der Waals surface area (Å²) in [5.41, 5.74) is -1.06. The van der Waals surface area contributed by atoms with Crippen molar-refractivity contribution in [1.29, 1.82) is 10.8 Å². The number of alkyl halides is 3. The quantitative estimate of drug-likeness (QED) is 0.519. The Hall–Kier alpha value is -2.53. The van der Waals surface area contributed by atoms with Gasteiger partial charge >= 0.3 is 6.18 Å².